The molecule has 0 aromatic heterocycles. The van der Waals surface area contributed by atoms with E-state index in [1.807, 2.05) is 4.90 Å². The van der Waals surface area contributed by atoms with Gasteiger partial charge in [0.25, 0.3) is 0 Å². The number of amides is 1. The van der Waals surface area contributed by atoms with E-state index in [2.05, 4.69) is 10.2 Å². The molecule has 15 heavy (non-hydrogen) atoms. The Balaban J connectivity index is 1.69. The Labute approximate surface area is 91.6 Å². The summed E-state index contributed by atoms with van der Waals surface area (Å²) < 4.78 is 0. The van der Waals surface area contributed by atoms with Crippen LogP contribution < -0.4 is 5.32 Å². The fraction of sp³-hybridized carbons (Fsp3) is 0.909. The van der Waals surface area contributed by atoms with Crippen molar-refractivity contribution in [2.24, 2.45) is 0 Å². The molecule has 0 aromatic carbocycles. The van der Waals surface area contributed by atoms with Crippen LogP contribution in [0.2, 0.25) is 0 Å². The Bertz CT molecular complexity index is 196. The summed E-state index contributed by atoms with van der Waals surface area (Å²) in [6.45, 7) is 6.21. The monoisotopic (exact) mass is 211 g/mol. The lowest BCUT2D eigenvalue weighted by Gasteiger charge is -2.36. The van der Waals surface area contributed by atoms with E-state index in [1.54, 1.807) is 0 Å². The van der Waals surface area contributed by atoms with Crippen LogP contribution in [0.3, 0.4) is 0 Å². The van der Waals surface area contributed by atoms with Crippen molar-refractivity contribution in [3.63, 3.8) is 0 Å². The normalized spacial score (nSPS) is 29.1. The largest absolute Gasteiger partial charge is 0.343 e. The van der Waals surface area contributed by atoms with Gasteiger partial charge in [-0.3, -0.25) is 9.69 Å². The van der Waals surface area contributed by atoms with E-state index in [0.29, 0.717) is 6.04 Å². The lowest BCUT2D eigenvalue weighted by Crippen LogP contribution is -2.51. The van der Waals surface area contributed by atoms with E-state index in [1.165, 1.54) is 25.8 Å². The molecule has 2 heterocycles. The van der Waals surface area contributed by atoms with Crippen LogP contribution in [0, 0.1) is 0 Å². The number of carbonyl (C=O) groups is 1. The molecule has 86 valence electrons. The zero-order valence-electron chi connectivity index (χ0n) is 9.32. The number of nitrogens with zero attached hydrogens (tertiary/aromatic N) is 2. The van der Waals surface area contributed by atoms with Crippen LogP contribution in [-0.2, 0) is 4.79 Å². The lowest BCUT2D eigenvalue weighted by atomic mass is 10.0. The van der Waals surface area contributed by atoms with Crippen LogP contribution in [-0.4, -0.2) is 61.5 Å². The molecule has 0 aliphatic carbocycles. The summed E-state index contributed by atoms with van der Waals surface area (Å²) in [7, 11) is 0. The van der Waals surface area contributed by atoms with Gasteiger partial charge in [-0.05, 0) is 19.4 Å². The van der Waals surface area contributed by atoms with Crippen LogP contribution >= 0.6 is 0 Å². The van der Waals surface area contributed by atoms with Gasteiger partial charge in [0.15, 0.2) is 0 Å². The molecule has 4 heteroatoms. The van der Waals surface area contributed by atoms with E-state index in [0.717, 1.165) is 39.1 Å². The zero-order valence-corrected chi connectivity index (χ0v) is 9.32. The van der Waals surface area contributed by atoms with Crippen LogP contribution in [0.4, 0.5) is 0 Å². The molecule has 0 radical (unpaired) electrons. The molecular formula is C11H21N3O. The average molecular weight is 211 g/mol. The van der Waals surface area contributed by atoms with E-state index in [4.69, 9.17) is 0 Å². The number of rotatable bonds is 3. The maximum atomic E-state index is 10.6. The van der Waals surface area contributed by atoms with Gasteiger partial charge in [0.1, 0.15) is 0 Å². The van der Waals surface area contributed by atoms with Crippen LogP contribution in [0.25, 0.3) is 0 Å². The predicted octanol–water partition coefficient (Wildman–Crippen LogP) is -0.0975. The Kier molecular flexibility index (Phi) is 3.97. The van der Waals surface area contributed by atoms with E-state index in [9.17, 15) is 4.79 Å². The number of carbonyl (C=O) groups excluding carboxylic acids is 1. The fourth-order valence-corrected chi connectivity index (χ4v) is 2.44. The van der Waals surface area contributed by atoms with Gasteiger partial charge in [-0.25, -0.2) is 0 Å². The molecule has 1 unspecified atom stereocenters. The first kappa shape index (κ1) is 10.9. The molecule has 0 aromatic rings. The van der Waals surface area contributed by atoms with Crippen molar-refractivity contribution < 1.29 is 4.79 Å². The van der Waals surface area contributed by atoms with Crippen molar-refractivity contribution in [3.05, 3.63) is 0 Å². The minimum atomic E-state index is 0.682. The Hall–Kier alpha value is -0.610. The summed E-state index contributed by atoms with van der Waals surface area (Å²) in [5, 5.41) is 3.57. The van der Waals surface area contributed by atoms with Gasteiger partial charge in [-0.1, -0.05) is 6.42 Å². The minimum Gasteiger partial charge on any atom is -0.343 e. The fourth-order valence-electron chi connectivity index (χ4n) is 2.44. The first-order valence-electron chi connectivity index (χ1n) is 6.03. The number of piperidine rings is 1. The van der Waals surface area contributed by atoms with Gasteiger partial charge >= 0.3 is 0 Å². The van der Waals surface area contributed by atoms with Gasteiger partial charge in [0.05, 0.1) is 0 Å². The highest BCUT2D eigenvalue weighted by molar-refractivity contribution is 5.47. The molecule has 0 saturated carbocycles. The number of hydrogen-bond acceptors (Lipinski definition) is 3. The third-order valence-electron chi connectivity index (χ3n) is 3.45. The molecule has 2 rings (SSSR count). The van der Waals surface area contributed by atoms with Gasteiger partial charge in [0.2, 0.25) is 6.41 Å². The second kappa shape index (κ2) is 5.47. The molecule has 2 saturated heterocycles. The van der Waals surface area contributed by atoms with Crippen LogP contribution in [0.1, 0.15) is 19.3 Å². The first-order valence-corrected chi connectivity index (χ1v) is 6.03. The number of hydrogen-bond donors (Lipinski definition) is 1. The molecule has 1 atom stereocenters. The summed E-state index contributed by atoms with van der Waals surface area (Å²) in [4.78, 5) is 14.9. The average Bonchev–Trinajstić information content (AvgIpc) is 2.31. The van der Waals surface area contributed by atoms with E-state index in [-0.39, 0.29) is 0 Å². The highest BCUT2D eigenvalue weighted by atomic mass is 16.1. The molecule has 0 spiro atoms. The Morgan fingerprint density at radius 1 is 1.20 bits per heavy atom. The lowest BCUT2D eigenvalue weighted by molar-refractivity contribution is -0.119. The minimum absolute atomic E-state index is 0.682. The summed E-state index contributed by atoms with van der Waals surface area (Å²) in [6.07, 6.45) is 4.98. The molecule has 2 fully saturated rings. The van der Waals surface area contributed by atoms with Crippen LogP contribution in [0.15, 0.2) is 0 Å². The molecule has 1 amide bonds. The maximum Gasteiger partial charge on any atom is 0.209 e. The number of piperazine rings is 1. The van der Waals surface area contributed by atoms with Crippen molar-refractivity contribution in [3.8, 4) is 0 Å². The van der Waals surface area contributed by atoms with Gasteiger partial charge in [-0.15, -0.1) is 0 Å². The summed E-state index contributed by atoms with van der Waals surface area (Å²) in [6, 6.07) is 0.682. The van der Waals surface area contributed by atoms with E-state index < -0.39 is 0 Å². The summed E-state index contributed by atoms with van der Waals surface area (Å²) >= 11 is 0. The molecule has 2 aliphatic heterocycles. The van der Waals surface area contributed by atoms with Crippen molar-refractivity contribution in [2.75, 3.05) is 39.3 Å². The second-order valence-electron chi connectivity index (χ2n) is 4.59. The maximum absolute atomic E-state index is 10.6. The second-order valence-corrected chi connectivity index (χ2v) is 4.59. The predicted molar refractivity (Wildman–Crippen MR) is 59.7 cm³/mol. The molecule has 4 nitrogen and oxygen atoms in total. The van der Waals surface area contributed by atoms with Gasteiger partial charge in [0, 0.05) is 38.8 Å². The first-order chi connectivity index (χ1) is 7.38. The highest BCUT2D eigenvalue weighted by Crippen LogP contribution is 2.09. The highest BCUT2D eigenvalue weighted by Gasteiger charge is 2.20. The van der Waals surface area contributed by atoms with Crippen molar-refractivity contribution in [2.45, 2.75) is 25.3 Å². The Morgan fingerprint density at radius 2 is 2.00 bits per heavy atom. The third kappa shape index (κ3) is 3.18. The smallest absolute Gasteiger partial charge is 0.209 e. The van der Waals surface area contributed by atoms with E-state index >= 15 is 0 Å². The third-order valence-corrected chi connectivity index (χ3v) is 3.45. The van der Waals surface area contributed by atoms with Crippen molar-refractivity contribution in [1.29, 1.82) is 0 Å². The zero-order chi connectivity index (χ0) is 10.5. The Morgan fingerprint density at radius 3 is 2.60 bits per heavy atom. The molecule has 2 aliphatic rings. The quantitative estimate of drug-likeness (QED) is 0.662. The van der Waals surface area contributed by atoms with Crippen molar-refractivity contribution >= 4 is 6.41 Å². The molecule has 0 bridgehead atoms. The SMILES string of the molecule is O=CN1CCN(CC2CCCCN2)CC1. The molecular weight excluding hydrogens is 190 g/mol. The van der Waals surface area contributed by atoms with Crippen LogP contribution in [0.5, 0.6) is 0 Å². The summed E-state index contributed by atoms with van der Waals surface area (Å²) in [5.41, 5.74) is 0. The van der Waals surface area contributed by atoms with Gasteiger partial charge in [-0.2, -0.15) is 0 Å². The number of nitrogens with one attached hydrogen (secondary N) is 1. The standard InChI is InChI=1S/C11H21N3O/c15-10-14-7-5-13(6-8-14)9-11-3-1-2-4-12-11/h10-12H,1-9H2. The molecule has 1 N–H and O–H groups in total. The van der Waals surface area contributed by atoms with Crippen molar-refractivity contribution in [1.82, 2.24) is 15.1 Å². The van der Waals surface area contributed by atoms with Gasteiger partial charge < -0.3 is 10.2 Å². The summed E-state index contributed by atoms with van der Waals surface area (Å²) in [5.74, 6) is 0. The topological polar surface area (TPSA) is 35.6 Å².